The Kier molecular flexibility index (Phi) is 3.11. The molecule has 7 heteroatoms. The van der Waals surface area contributed by atoms with E-state index in [0.717, 1.165) is 0 Å². The standard InChI is InChI=1S/C13H9BrN4O2/c14-8-2-1-5-15-11(8)12(19)16-7-3-4-9-10(6-7)18-13(20)17-9/h1-6H,(H,16,19)(H2,17,18,20). The van der Waals surface area contributed by atoms with E-state index in [1.54, 1.807) is 36.5 Å². The van der Waals surface area contributed by atoms with Crippen LogP contribution in [0.5, 0.6) is 0 Å². The molecule has 1 amide bonds. The minimum Gasteiger partial charge on any atom is -0.321 e. The molecule has 3 rings (SSSR count). The van der Waals surface area contributed by atoms with Gasteiger partial charge in [-0.2, -0.15) is 0 Å². The molecule has 0 saturated carbocycles. The highest BCUT2D eigenvalue weighted by atomic mass is 79.9. The van der Waals surface area contributed by atoms with Crippen LogP contribution in [0.4, 0.5) is 5.69 Å². The van der Waals surface area contributed by atoms with Crippen LogP contribution in [0.25, 0.3) is 11.0 Å². The molecule has 0 atom stereocenters. The molecule has 0 fully saturated rings. The van der Waals surface area contributed by atoms with E-state index in [9.17, 15) is 9.59 Å². The fourth-order valence-corrected chi connectivity index (χ4v) is 2.29. The molecular formula is C13H9BrN4O2. The van der Waals surface area contributed by atoms with Crippen molar-refractivity contribution in [2.24, 2.45) is 0 Å². The second-order valence-corrected chi connectivity index (χ2v) is 4.98. The van der Waals surface area contributed by atoms with E-state index < -0.39 is 0 Å². The molecule has 0 saturated heterocycles. The number of nitrogens with one attached hydrogen (secondary N) is 3. The van der Waals surface area contributed by atoms with Crippen LogP contribution in [0.2, 0.25) is 0 Å². The Morgan fingerprint density at radius 1 is 1.20 bits per heavy atom. The highest BCUT2D eigenvalue weighted by Gasteiger charge is 2.11. The summed E-state index contributed by atoms with van der Waals surface area (Å²) in [4.78, 5) is 32.6. The van der Waals surface area contributed by atoms with Gasteiger partial charge in [0.15, 0.2) is 0 Å². The topological polar surface area (TPSA) is 90.6 Å². The molecule has 0 aliphatic rings. The quantitative estimate of drug-likeness (QED) is 0.672. The number of pyridine rings is 1. The van der Waals surface area contributed by atoms with Crippen molar-refractivity contribution < 1.29 is 4.79 Å². The Hall–Kier alpha value is -2.41. The normalized spacial score (nSPS) is 10.7. The van der Waals surface area contributed by atoms with Crippen LogP contribution in [0, 0.1) is 0 Å². The molecule has 0 aliphatic heterocycles. The first-order valence-electron chi connectivity index (χ1n) is 5.77. The van der Waals surface area contributed by atoms with Crippen molar-refractivity contribution in [2.75, 3.05) is 5.32 Å². The number of hydrogen-bond acceptors (Lipinski definition) is 3. The summed E-state index contributed by atoms with van der Waals surface area (Å²) in [6.07, 6.45) is 1.55. The van der Waals surface area contributed by atoms with Gasteiger partial charge in [0.05, 0.1) is 11.0 Å². The zero-order chi connectivity index (χ0) is 14.1. The Balaban J connectivity index is 1.91. The summed E-state index contributed by atoms with van der Waals surface area (Å²) in [5.41, 5.74) is 1.92. The first-order valence-corrected chi connectivity index (χ1v) is 6.57. The summed E-state index contributed by atoms with van der Waals surface area (Å²) in [5, 5.41) is 2.73. The van der Waals surface area contributed by atoms with Crippen LogP contribution in [0.3, 0.4) is 0 Å². The van der Waals surface area contributed by atoms with Crippen LogP contribution in [-0.2, 0) is 0 Å². The van der Waals surface area contributed by atoms with Gasteiger partial charge in [0.2, 0.25) is 0 Å². The van der Waals surface area contributed by atoms with Gasteiger partial charge in [-0.05, 0) is 46.3 Å². The number of fused-ring (bicyclic) bond motifs is 1. The highest BCUT2D eigenvalue weighted by molar-refractivity contribution is 9.10. The highest BCUT2D eigenvalue weighted by Crippen LogP contribution is 2.18. The smallest absolute Gasteiger partial charge is 0.321 e. The molecule has 6 nitrogen and oxygen atoms in total. The molecule has 0 aliphatic carbocycles. The summed E-state index contributed by atoms with van der Waals surface area (Å²) >= 11 is 3.28. The number of carbonyl (C=O) groups excluding carboxylic acids is 1. The minimum atomic E-state index is -0.324. The second-order valence-electron chi connectivity index (χ2n) is 4.13. The zero-order valence-corrected chi connectivity index (χ0v) is 11.7. The van der Waals surface area contributed by atoms with Crippen LogP contribution in [0.1, 0.15) is 10.5 Å². The number of H-pyrrole nitrogens is 2. The molecule has 0 bridgehead atoms. The lowest BCUT2D eigenvalue weighted by Crippen LogP contribution is -2.14. The molecule has 100 valence electrons. The SMILES string of the molecule is O=C(Nc1ccc2[nH]c(=O)[nH]c2c1)c1ncccc1Br. The molecular weight excluding hydrogens is 324 g/mol. The lowest BCUT2D eigenvalue weighted by molar-refractivity contribution is 0.102. The molecule has 0 unspecified atom stereocenters. The molecule has 2 aromatic heterocycles. The van der Waals surface area contributed by atoms with Gasteiger partial charge in [0.1, 0.15) is 5.69 Å². The van der Waals surface area contributed by atoms with Crippen molar-refractivity contribution in [1.29, 1.82) is 0 Å². The second kappa shape index (κ2) is 4.93. The van der Waals surface area contributed by atoms with E-state index in [1.807, 2.05) is 0 Å². The Bertz CT molecular complexity index is 853. The van der Waals surface area contributed by atoms with Gasteiger partial charge in [-0.15, -0.1) is 0 Å². The first kappa shape index (κ1) is 12.6. The lowest BCUT2D eigenvalue weighted by atomic mass is 10.2. The van der Waals surface area contributed by atoms with Crippen molar-refractivity contribution >= 4 is 38.6 Å². The van der Waals surface area contributed by atoms with Crippen molar-refractivity contribution in [3.05, 3.63) is 57.2 Å². The lowest BCUT2D eigenvalue weighted by Gasteiger charge is -2.05. The number of amides is 1. The molecule has 20 heavy (non-hydrogen) atoms. The minimum absolute atomic E-state index is 0.282. The number of carbonyl (C=O) groups is 1. The molecule has 0 spiro atoms. The van der Waals surface area contributed by atoms with Crippen molar-refractivity contribution in [3.8, 4) is 0 Å². The number of imidazole rings is 1. The van der Waals surface area contributed by atoms with Gasteiger partial charge < -0.3 is 15.3 Å². The van der Waals surface area contributed by atoms with E-state index in [4.69, 9.17) is 0 Å². The zero-order valence-electron chi connectivity index (χ0n) is 10.1. The van der Waals surface area contributed by atoms with Gasteiger partial charge in [-0.3, -0.25) is 4.79 Å². The Morgan fingerprint density at radius 3 is 2.80 bits per heavy atom. The number of nitrogens with zero attached hydrogens (tertiary/aromatic N) is 1. The Labute approximate surface area is 121 Å². The van der Waals surface area contributed by atoms with Gasteiger partial charge in [-0.1, -0.05) is 0 Å². The number of rotatable bonds is 2. The third-order valence-electron chi connectivity index (χ3n) is 2.75. The number of anilines is 1. The third kappa shape index (κ3) is 2.35. The van der Waals surface area contributed by atoms with Gasteiger partial charge in [0, 0.05) is 16.4 Å². The molecule has 3 N–H and O–H groups in total. The predicted octanol–water partition coefficient (Wildman–Crippen LogP) is 2.27. The van der Waals surface area contributed by atoms with Crippen LogP contribution in [0.15, 0.2) is 45.8 Å². The van der Waals surface area contributed by atoms with Crippen LogP contribution < -0.4 is 11.0 Å². The number of aromatic nitrogens is 3. The molecule has 2 heterocycles. The third-order valence-corrected chi connectivity index (χ3v) is 3.39. The van der Waals surface area contributed by atoms with Crippen LogP contribution >= 0.6 is 15.9 Å². The number of halogens is 1. The number of hydrogen-bond donors (Lipinski definition) is 3. The van der Waals surface area contributed by atoms with Crippen LogP contribution in [-0.4, -0.2) is 20.9 Å². The molecule has 1 aromatic carbocycles. The maximum absolute atomic E-state index is 12.1. The molecule has 0 radical (unpaired) electrons. The van der Waals surface area contributed by atoms with Gasteiger partial charge >= 0.3 is 5.69 Å². The summed E-state index contributed by atoms with van der Waals surface area (Å²) in [6.45, 7) is 0. The van der Waals surface area contributed by atoms with E-state index in [2.05, 4.69) is 36.2 Å². The average Bonchev–Trinajstić information content (AvgIpc) is 2.78. The fourth-order valence-electron chi connectivity index (χ4n) is 1.85. The molecule has 3 aromatic rings. The van der Waals surface area contributed by atoms with Gasteiger partial charge in [0.25, 0.3) is 5.91 Å². The van der Waals surface area contributed by atoms with E-state index in [-0.39, 0.29) is 11.6 Å². The summed E-state index contributed by atoms with van der Waals surface area (Å²) in [6, 6.07) is 8.59. The summed E-state index contributed by atoms with van der Waals surface area (Å²) in [5.74, 6) is -0.324. The summed E-state index contributed by atoms with van der Waals surface area (Å²) < 4.78 is 0.619. The van der Waals surface area contributed by atoms with E-state index in [0.29, 0.717) is 26.9 Å². The largest absolute Gasteiger partial charge is 0.323 e. The monoisotopic (exact) mass is 332 g/mol. The maximum Gasteiger partial charge on any atom is 0.323 e. The number of benzene rings is 1. The maximum atomic E-state index is 12.1. The number of aromatic amines is 2. The summed E-state index contributed by atoms with van der Waals surface area (Å²) in [7, 11) is 0. The Morgan fingerprint density at radius 2 is 2.00 bits per heavy atom. The predicted molar refractivity (Wildman–Crippen MR) is 78.8 cm³/mol. The average molecular weight is 333 g/mol. The fraction of sp³-hybridized carbons (Fsp3) is 0. The van der Waals surface area contributed by atoms with Crippen molar-refractivity contribution in [1.82, 2.24) is 15.0 Å². The van der Waals surface area contributed by atoms with Gasteiger partial charge in [-0.25, -0.2) is 9.78 Å². The van der Waals surface area contributed by atoms with E-state index >= 15 is 0 Å². The first-order chi connectivity index (χ1) is 9.63. The van der Waals surface area contributed by atoms with Crippen molar-refractivity contribution in [3.63, 3.8) is 0 Å². The van der Waals surface area contributed by atoms with Crippen molar-refractivity contribution in [2.45, 2.75) is 0 Å². The van der Waals surface area contributed by atoms with E-state index in [1.165, 1.54) is 0 Å².